The normalized spacial score (nSPS) is 35.4. The molecule has 3 aliphatic heterocycles. The summed E-state index contributed by atoms with van der Waals surface area (Å²) < 4.78 is 7.80. The van der Waals surface area contributed by atoms with E-state index in [2.05, 4.69) is 4.98 Å². The summed E-state index contributed by atoms with van der Waals surface area (Å²) in [6, 6.07) is 0. The third-order valence-electron chi connectivity index (χ3n) is 4.87. The molecule has 0 radical (unpaired) electrons. The molecule has 0 unspecified atom stereocenters. The van der Waals surface area contributed by atoms with Gasteiger partial charge >= 0.3 is 5.97 Å². The summed E-state index contributed by atoms with van der Waals surface area (Å²) in [5.41, 5.74) is -0.722. The average molecular weight is 303 g/mol. The Hall–Kier alpha value is -2.15. The second-order valence-corrected chi connectivity index (χ2v) is 6.15. The molecule has 2 bridgehead atoms. The number of carboxylic acid groups (broad SMARTS) is 1. The van der Waals surface area contributed by atoms with Crippen LogP contribution >= 0.6 is 0 Å². The number of carboxylic acids is 1. The monoisotopic (exact) mass is 303 g/mol. The van der Waals surface area contributed by atoms with Gasteiger partial charge < -0.3 is 19.3 Å². The lowest BCUT2D eigenvalue weighted by molar-refractivity contribution is -0.148. The van der Waals surface area contributed by atoms with Gasteiger partial charge in [0, 0.05) is 25.5 Å². The first kappa shape index (κ1) is 13.5. The van der Waals surface area contributed by atoms with Crippen molar-refractivity contribution in [3.05, 3.63) is 30.9 Å². The number of aliphatic carboxylic acids is 1. The molecule has 1 aromatic rings. The molecule has 1 spiro atoms. The minimum atomic E-state index is -0.949. The number of nitrogens with zero attached hydrogens (tertiary/aromatic N) is 3. The molecule has 1 N–H and O–H groups in total. The summed E-state index contributed by atoms with van der Waals surface area (Å²) in [6.45, 7) is 1.84. The molecule has 0 aromatic carbocycles. The van der Waals surface area contributed by atoms with Gasteiger partial charge in [0.05, 0.1) is 24.9 Å². The van der Waals surface area contributed by atoms with Gasteiger partial charge in [-0.15, -0.1) is 0 Å². The Labute approximate surface area is 127 Å². The van der Waals surface area contributed by atoms with Gasteiger partial charge in [0.1, 0.15) is 11.5 Å². The summed E-state index contributed by atoms with van der Waals surface area (Å²) >= 11 is 0. The van der Waals surface area contributed by atoms with E-state index >= 15 is 0 Å². The molecule has 2 saturated heterocycles. The lowest BCUT2D eigenvalue weighted by Crippen LogP contribution is -2.39. The fourth-order valence-electron chi connectivity index (χ4n) is 3.91. The molecular formula is C15H17N3O4. The van der Waals surface area contributed by atoms with Crippen molar-refractivity contribution in [3.63, 3.8) is 0 Å². The summed E-state index contributed by atoms with van der Waals surface area (Å²) in [5.74, 6) is -2.37. The Morgan fingerprint density at radius 3 is 3.09 bits per heavy atom. The number of ether oxygens (including phenoxy) is 1. The Balaban J connectivity index is 1.45. The zero-order valence-electron chi connectivity index (χ0n) is 12.0. The maximum atomic E-state index is 12.6. The van der Waals surface area contributed by atoms with Crippen molar-refractivity contribution in [2.24, 2.45) is 11.8 Å². The van der Waals surface area contributed by atoms with Crippen molar-refractivity contribution in [2.45, 2.75) is 24.7 Å². The highest BCUT2D eigenvalue weighted by molar-refractivity contribution is 5.90. The van der Waals surface area contributed by atoms with Crippen molar-refractivity contribution < 1.29 is 19.4 Å². The van der Waals surface area contributed by atoms with Crippen LogP contribution in [0.4, 0.5) is 0 Å². The van der Waals surface area contributed by atoms with Crippen molar-refractivity contribution in [1.29, 1.82) is 0 Å². The average Bonchev–Trinajstić information content (AvgIpc) is 3.22. The highest BCUT2D eigenvalue weighted by Gasteiger charge is 2.66. The van der Waals surface area contributed by atoms with Crippen LogP contribution in [0.25, 0.3) is 0 Å². The molecule has 7 nitrogen and oxygen atoms in total. The molecule has 7 heteroatoms. The fourth-order valence-corrected chi connectivity index (χ4v) is 3.91. The third-order valence-corrected chi connectivity index (χ3v) is 4.87. The summed E-state index contributed by atoms with van der Waals surface area (Å²) in [6.07, 6.45) is 9.36. The number of aryl methyl sites for hydroxylation is 1. The van der Waals surface area contributed by atoms with E-state index in [1.807, 2.05) is 16.8 Å². The lowest BCUT2D eigenvalue weighted by Gasteiger charge is -2.21. The molecular weight excluding hydrogens is 286 g/mol. The zero-order valence-corrected chi connectivity index (χ0v) is 12.0. The molecule has 4 heterocycles. The number of hydrogen-bond acceptors (Lipinski definition) is 4. The van der Waals surface area contributed by atoms with Gasteiger partial charge in [-0.25, -0.2) is 4.98 Å². The second-order valence-electron chi connectivity index (χ2n) is 6.15. The van der Waals surface area contributed by atoms with Crippen molar-refractivity contribution in [2.75, 3.05) is 13.1 Å². The van der Waals surface area contributed by atoms with E-state index in [0.29, 0.717) is 13.1 Å². The molecule has 4 rings (SSSR count). The highest BCUT2D eigenvalue weighted by atomic mass is 16.5. The Kier molecular flexibility index (Phi) is 2.87. The highest BCUT2D eigenvalue weighted by Crippen LogP contribution is 2.51. The number of hydrogen-bond donors (Lipinski definition) is 1. The SMILES string of the molecule is O=C(O)[C@H]1[C@H]2C=C[C@]3(CN(CCCn4ccnc4)C(=O)[C@@H]13)O2. The molecule has 1 aromatic heterocycles. The van der Waals surface area contributed by atoms with Gasteiger partial charge in [-0.05, 0) is 6.42 Å². The third kappa shape index (κ3) is 1.81. The van der Waals surface area contributed by atoms with Crippen LogP contribution in [0.2, 0.25) is 0 Å². The maximum Gasteiger partial charge on any atom is 0.310 e. The molecule has 1 amide bonds. The summed E-state index contributed by atoms with van der Waals surface area (Å²) in [5, 5.41) is 9.39. The molecule has 3 aliphatic rings. The van der Waals surface area contributed by atoms with Gasteiger partial charge in [0.2, 0.25) is 5.91 Å². The van der Waals surface area contributed by atoms with Crippen LogP contribution in [0.3, 0.4) is 0 Å². The minimum Gasteiger partial charge on any atom is -0.481 e. The van der Waals surface area contributed by atoms with E-state index < -0.39 is 29.5 Å². The Bertz CT molecular complexity index is 641. The number of imidazole rings is 1. The number of carbonyl (C=O) groups is 2. The molecule has 0 aliphatic carbocycles. The number of aromatic nitrogens is 2. The van der Waals surface area contributed by atoms with E-state index in [1.165, 1.54) is 0 Å². The second kappa shape index (κ2) is 4.67. The van der Waals surface area contributed by atoms with Crippen LogP contribution in [0, 0.1) is 11.8 Å². The number of carbonyl (C=O) groups excluding carboxylic acids is 1. The van der Waals surface area contributed by atoms with Crippen molar-refractivity contribution in [1.82, 2.24) is 14.5 Å². The van der Waals surface area contributed by atoms with Gasteiger partial charge in [0.15, 0.2) is 0 Å². The molecule has 22 heavy (non-hydrogen) atoms. The van der Waals surface area contributed by atoms with Crippen LogP contribution in [-0.2, 0) is 20.9 Å². The topological polar surface area (TPSA) is 84.7 Å². The first-order valence-electron chi connectivity index (χ1n) is 7.45. The van der Waals surface area contributed by atoms with Crippen LogP contribution < -0.4 is 0 Å². The van der Waals surface area contributed by atoms with E-state index in [9.17, 15) is 14.7 Å². The van der Waals surface area contributed by atoms with Gasteiger partial charge in [0.25, 0.3) is 0 Å². The smallest absolute Gasteiger partial charge is 0.310 e. The predicted molar refractivity (Wildman–Crippen MR) is 74.8 cm³/mol. The summed E-state index contributed by atoms with van der Waals surface area (Å²) in [4.78, 5) is 29.8. The summed E-state index contributed by atoms with van der Waals surface area (Å²) in [7, 11) is 0. The van der Waals surface area contributed by atoms with Crippen LogP contribution in [0.15, 0.2) is 30.9 Å². The Morgan fingerprint density at radius 1 is 1.50 bits per heavy atom. The van der Waals surface area contributed by atoms with E-state index in [1.54, 1.807) is 23.5 Å². The fraction of sp³-hybridized carbons (Fsp3) is 0.533. The quantitative estimate of drug-likeness (QED) is 0.782. The molecule has 0 saturated carbocycles. The van der Waals surface area contributed by atoms with E-state index in [-0.39, 0.29) is 5.91 Å². The number of fused-ring (bicyclic) bond motifs is 1. The van der Waals surface area contributed by atoms with E-state index in [4.69, 9.17) is 4.74 Å². The first-order chi connectivity index (χ1) is 10.6. The van der Waals surface area contributed by atoms with Crippen molar-refractivity contribution >= 4 is 11.9 Å². The number of rotatable bonds is 5. The largest absolute Gasteiger partial charge is 0.481 e. The van der Waals surface area contributed by atoms with Crippen LogP contribution in [-0.4, -0.2) is 56.2 Å². The maximum absolute atomic E-state index is 12.6. The van der Waals surface area contributed by atoms with Crippen molar-refractivity contribution in [3.8, 4) is 0 Å². The van der Waals surface area contributed by atoms with E-state index in [0.717, 1.165) is 13.0 Å². The number of likely N-dealkylation sites (tertiary alicyclic amines) is 1. The predicted octanol–water partition coefficient (Wildman–Crippen LogP) is 0.140. The molecule has 116 valence electrons. The first-order valence-corrected chi connectivity index (χ1v) is 7.45. The molecule has 2 fully saturated rings. The van der Waals surface area contributed by atoms with Gasteiger partial charge in [-0.2, -0.15) is 0 Å². The minimum absolute atomic E-state index is 0.0927. The van der Waals surface area contributed by atoms with Gasteiger partial charge in [-0.1, -0.05) is 12.2 Å². The standard InChI is InChI=1S/C15H17N3O4/c19-13-12-11(14(20)21)10-2-3-15(12,22-10)8-18(13)6-1-5-17-7-4-16-9-17/h2-4,7,9-12H,1,5-6,8H2,(H,20,21)/t10-,11+,12-,15-/m1/s1. The van der Waals surface area contributed by atoms with Crippen LogP contribution in [0.5, 0.6) is 0 Å². The Morgan fingerprint density at radius 2 is 2.36 bits per heavy atom. The van der Waals surface area contributed by atoms with Crippen LogP contribution in [0.1, 0.15) is 6.42 Å². The zero-order chi connectivity index (χ0) is 15.3. The lowest BCUT2D eigenvalue weighted by atomic mass is 9.77. The molecule has 4 atom stereocenters. The number of amides is 1. The van der Waals surface area contributed by atoms with Gasteiger partial charge in [-0.3, -0.25) is 9.59 Å².